The van der Waals surface area contributed by atoms with E-state index in [-0.39, 0.29) is 18.2 Å². The highest BCUT2D eigenvalue weighted by Gasteiger charge is 2.06. The maximum atomic E-state index is 13.4. The Hall–Kier alpha value is -1.55. The van der Waals surface area contributed by atoms with Crippen molar-refractivity contribution < 1.29 is 13.9 Å². The first-order valence-corrected chi connectivity index (χ1v) is 6.20. The van der Waals surface area contributed by atoms with Gasteiger partial charge in [0.1, 0.15) is 12.4 Å². The van der Waals surface area contributed by atoms with Gasteiger partial charge in [-0.1, -0.05) is 34.1 Å². The molecule has 0 aliphatic rings. The third kappa shape index (κ3) is 3.01. The van der Waals surface area contributed by atoms with E-state index in [0.717, 1.165) is 10.0 Å². The average Bonchev–Trinajstić information content (AvgIpc) is 2.39. The van der Waals surface area contributed by atoms with Gasteiger partial charge in [-0.25, -0.2) is 4.39 Å². The molecule has 0 fully saturated rings. The summed E-state index contributed by atoms with van der Waals surface area (Å²) in [6, 6.07) is 11.9. The van der Waals surface area contributed by atoms with Crippen molar-refractivity contribution in [2.75, 3.05) is 7.11 Å². The van der Waals surface area contributed by atoms with Crippen LogP contribution in [0.3, 0.4) is 0 Å². The Morgan fingerprint density at radius 1 is 1.11 bits per heavy atom. The summed E-state index contributed by atoms with van der Waals surface area (Å²) in [5, 5.41) is 0. The molecule has 0 saturated heterocycles. The van der Waals surface area contributed by atoms with Crippen LogP contribution >= 0.6 is 15.9 Å². The van der Waals surface area contributed by atoms with Crippen LogP contribution in [0.25, 0.3) is 0 Å². The highest BCUT2D eigenvalue weighted by molar-refractivity contribution is 9.10. The summed E-state index contributed by atoms with van der Waals surface area (Å²) in [5.41, 5.74) is 0.865. The number of rotatable bonds is 4. The molecule has 0 radical (unpaired) electrons. The van der Waals surface area contributed by atoms with Crippen molar-refractivity contribution in [2.45, 2.75) is 6.61 Å². The summed E-state index contributed by atoms with van der Waals surface area (Å²) in [6.07, 6.45) is 0. The van der Waals surface area contributed by atoms with Gasteiger partial charge in [0.05, 0.1) is 7.11 Å². The topological polar surface area (TPSA) is 18.5 Å². The van der Waals surface area contributed by atoms with E-state index in [1.165, 1.54) is 6.07 Å². The molecule has 0 heterocycles. The molecule has 0 amide bonds. The number of para-hydroxylation sites is 1. The van der Waals surface area contributed by atoms with Gasteiger partial charge < -0.3 is 9.47 Å². The van der Waals surface area contributed by atoms with Gasteiger partial charge in [-0.15, -0.1) is 0 Å². The molecule has 0 N–H and O–H groups in total. The molecule has 94 valence electrons. The van der Waals surface area contributed by atoms with Crippen LogP contribution in [0.15, 0.2) is 46.9 Å². The number of halogens is 2. The van der Waals surface area contributed by atoms with Crippen molar-refractivity contribution in [3.05, 3.63) is 58.3 Å². The van der Waals surface area contributed by atoms with Crippen LogP contribution in [0.4, 0.5) is 4.39 Å². The summed E-state index contributed by atoms with van der Waals surface area (Å²) in [4.78, 5) is 0. The summed E-state index contributed by atoms with van der Waals surface area (Å²) < 4.78 is 25.0. The molecule has 2 aromatic rings. The minimum absolute atomic E-state index is 0.238. The van der Waals surface area contributed by atoms with Crippen molar-refractivity contribution in [2.24, 2.45) is 0 Å². The number of benzene rings is 2. The zero-order valence-electron chi connectivity index (χ0n) is 9.82. The number of hydrogen-bond acceptors (Lipinski definition) is 2. The Morgan fingerprint density at radius 3 is 2.61 bits per heavy atom. The lowest BCUT2D eigenvalue weighted by molar-refractivity contribution is 0.282. The van der Waals surface area contributed by atoms with Gasteiger partial charge in [-0.2, -0.15) is 0 Å². The fourth-order valence-electron chi connectivity index (χ4n) is 1.55. The molecule has 0 aromatic heterocycles. The van der Waals surface area contributed by atoms with Crippen molar-refractivity contribution in [3.8, 4) is 11.5 Å². The van der Waals surface area contributed by atoms with E-state index >= 15 is 0 Å². The molecule has 0 atom stereocenters. The normalized spacial score (nSPS) is 10.2. The summed E-state index contributed by atoms with van der Waals surface area (Å²) in [6.45, 7) is 0.261. The van der Waals surface area contributed by atoms with Gasteiger partial charge in [0, 0.05) is 10.0 Å². The first-order valence-electron chi connectivity index (χ1n) is 5.40. The van der Waals surface area contributed by atoms with Crippen LogP contribution in [0.1, 0.15) is 5.56 Å². The molecular weight excluding hydrogens is 299 g/mol. The molecule has 0 aliphatic carbocycles. The maximum Gasteiger partial charge on any atom is 0.165 e. The van der Waals surface area contributed by atoms with Gasteiger partial charge in [0.25, 0.3) is 0 Å². The Morgan fingerprint density at radius 2 is 1.89 bits per heavy atom. The van der Waals surface area contributed by atoms with Gasteiger partial charge in [-0.3, -0.25) is 0 Å². The number of hydrogen-bond donors (Lipinski definition) is 0. The maximum absolute atomic E-state index is 13.4. The average molecular weight is 311 g/mol. The molecule has 18 heavy (non-hydrogen) atoms. The van der Waals surface area contributed by atoms with E-state index in [1.54, 1.807) is 25.3 Å². The predicted molar refractivity (Wildman–Crippen MR) is 71.4 cm³/mol. The zero-order valence-corrected chi connectivity index (χ0v) is 11.4. The van der Waals surface area contributed by atoms with Gasteiger partial charge in [0.2, 0.25) is 0 Å². The van der Waals surface area contributed by atoms with Crippen LogP contribution in [-0.4, -0.2) is 7.11 Å². The molecule has 0 spiro atoms. The van der Waals surface area contributed by atoms with E-state index in [0.29, 0.717) is 5.75 Å². The smallest absolute Gasteiger partial charge is 0.165 e. The Balaban J connectivity index is 2.13. The lowest BCUT2D eigenvalue weighted by Crippen LogP contribution is -2.00. The summed E-state index contributed by atoms with van der Waals surface area (Å²) >= 11 is 3.36. The molecule has 0 unspecified atom stereocenters. The van der Waals surface area contributed by atoms with E-state index in [1.807, 2.05) is 18.2 Å². The number of methoxy groups -OCH3 is 1. The first-order chi connectivity index (χ1) is 8.70. The van der Waals surface area contributed by atoms with Crippen LogP contribution in [-0.2, 0) is 6.61 Å². The van der Waals surface area contributed by atoms with Crippen molar-refractivity contribution in [1.82, 2.24) is 0 Å². The van der Waals surface area contributed by atoms with E-state index in [4.69, 9.17) is 9.47 Å². The quantitative estimate of drug-likeness (QED) is 0.843. The van der Waals surface area contributed by atoms with Crippen molar-refractivity contribution >= 4 is 15.9 Å². The third-order valence-corrected chi connectivity index (χ3v) is 2.96. The van der Waals surface area contributed by atoms with Crippen LogP contribution in [0.2, 0.25) is 0 Å². The molecule has 0 bridgehead atoms. The molecule has 0 aliphatic heterocycles. The highest BCUT2D eigenvalue weighted by Crippen LogP contribution is 2.25. The molecule has 2 nitrogen and oxygen atoms in total. The number of ether oxygens (including phenoxy) is 2. The molecule has 2 aromatic carbocycles. The van der Waals surface area contributed by atoms with Gasteiger partial charge in [0.15, 0.2) is 11.6 Å². The van der Waals surface area contributed by atoms with Crippen LogP contribution < -0.4 is 9.47 Å². The summed E-state index contributed by atoms with van der Waals surface area (Å²) in [5.74, 6) is 0.580. The predicted octanol–water partition coefficient (Wildman–Crippen LogP) is 4.18. The minimum Gasteiger partial charge on any atom is -0.496 e. The Bertz CT molecular complexity index is 543. The second-order valence-corrected chi connectivity index (χ2v) is 4.59. The third-order valence-electron chi connectivity index (χ3n) is 2.47. The van der Waals surface area contributed by atoms with Gasteiger partial charge >= 0.3 is 0 Å². The van der Waals surface area contributed by atoms with E-state index in [9.17, 15) is 4.39 Å². The zero-order chi connectivity index (χ0) is 13.0. The van der Waals surface area contributed by atoms with E-state index in [2.05, 4.69) is 15.9 Å². The fraction of sp³-hybridized carbons (Fsp3) is 0.143. The molecule has 4 heteroatoms. The standard InChI is InChI=1S/C14H12BrFO2/c1-17-14-8-11(15)7-6-10(14)9-18-13-5-3-2-4-12(13)16/h2-8H,9H2,1H3. The molecule has 2 rings (SSSR count). The SMILES string of the molecule is COc1cc(Br)ccc1COc1ccccc1F. The molecular formula is C14H12BrFO2. The lowest BCUT2D eigenvalue weighted by Gasteiger charge is -2.11. The lowest BCUT2D eigenvalue weighted by atomic mass is 10.2. The Kier molecular flexibility index (Phi) is 4.20. The second-order valence-electron chi connectivity index (χ2n) is 3.68. The molecule has 0 saturated carbocycles. The van der Waals surface area contributed by atoms with Crippen molar-refractivity contribution in [3.63, 3.8) is 0 Å². The fourth-order valence-corrected chi connectivity index (χ4v) is 1.90. The van der Waals surface area contributed by atoms with Crippen LogP contribution in [0.5, 0.6) is 11.5 Å². The van der Waals surface area contributed by atoms with Crippen molar-refractivity contribution in [1.29, 1.82) is 0 Å². The Labute approximate surface area is 113 Å². The highest BCUT2D eigenvalue weighted by atomic mass is 79.9. The van der Waals surface area contributed by atoms with E-state index < -0.39 is 0 Å². The summed E-state index contributed by atoms with van der Waals surface area (Å²) in [7, 11) is 1.59. The van der Waals surface area contributed by atoms with Gasteiger partial charge in [-0.05, 0) is 24.3 Å². The van der Waals surface area contributed by atoms with Crippen LogP contribution in [0, 0.1) is 5.82 Å². The second kappa shape index (κ2) is 5.87. The monoisotopic (exact) mass is 310 g/mol. The largest absolute Gasteiger partial charge is 0.496 e. The minimum atomic E-state index is -0.367. The first kappa shape index (κ1) is 12.9.